The summed E-state index contributed by atoms with van der Waals surface area (Å²) in [5.74, 6) is 0.403. The van der Waals surface area contributed by atoms with Gasteiger partial charge in [-0.05, 0) is 37.5 Å². The molecule has 1 aliphatic rings. The van der Waals surface area contributed by atoms with Crippen LogP contribution in [-0.4, -0.2) is 51.2 Å². The van der Waals surface area contributed by atoms with E-state index in [4.69, 9.17) is 4.74 Å². The van der Waals surface area contributed by atoms with Crippen LogP contribution in [0.2, 0.25) is 0 Å². The Labute approximate surface area is 145 Å². The molecule has 0 unspecified atom stereocenters. The summed E-state index contributed by atoms with van der Waals surface area (Å²) < 4.78 is 6.97. The lowest BCUT2D eigenvalue weighted by Crippen LogP contribution is -2.32. The van der Waals surface area contributed by atoms with Crippen molar-refractivity contribution in [3.63, 3.8) is 0 Å². The number of likely N-dealkylation sites (tertiary alicyclic amines) is 1. The Morgan fingerprint density at radius 2 is 2.04 bits per heavy atom. The van der Waals surface area contributed by atoms with Crippen molar-refractivity contribution in [2.75, 3.05) is 25.0 Å². The minimum atomic E-state index is -0.380. The standard InChI is InChI=1S/C17H21N5O3/c1-12-5-6-18-14(9-12)19-17(24)13-10-16(21(2)20-13)25-11-15(23)22-7-3-4-8-22/h5-6,9-10H,3-4,7-8,11H2,1-2H3,(H,18,19,24). The molecule has 1 aliphatic heterocycles. The number of anilines is 1. The fourth-order valence-electron chi connectivity index (χ4n) is 2.67. The van der Waals surface area contributed by atoms with E-state index in [9.17, 15) is 9.59 Å². The Morgan fingerprint density at radius 1 is 1.28 bits per heavy atom. The van der Waals surface area contributed by atoms with Crippen LogP contribution in [0.15, 0.2) is 24.4 Å². The maximum Gasteiger partial charge on any atom is 0.277 e. The summed E-state index contributed by atoms with van der Waals surface area (Å²) in [6.07, 6.45) is 3.70. The normalized spacial score (nSPS) is 13.8. The quantitative estimate of drug-likeness (QED) is 0.886. The zero-order valence-corrected chi connectivity index (χ0v) is 14.4. The lowest BCUT2D eigenvalue weighted by molar-refractivity contribution is -0.132. The summed E-state index contributed by atoms with van der Waals surface area (Å²) in [5, 5.41) is 6.82. The maximum absolute atomic E-state index is 12.3. The molecule has 8 heteroatoms. The lowest BCUT2D eigenvalue weighted by Gasteiger charge is -2.15. The first kappa shape index (κ1) is 16.9. The number of rotatable bonds is 5. The van der Waals surface area contributed by atoms with Crippen LogP contribution in [0.1, 0.15) is 28.9 Å². The van der Waals surface area contributed by atoms with Gasteiger partial charge in [-0.1, -0.05) is 0 Å². The molecule has 1 saturated heterocycles. The monoisotopic (exact) mass is 343 g/mol. The summed E-state index contributed by atoms with van der Waals surface area (Å²) >= 11 is 0. The molecule has 2 aromatic rings. The topological polar surface area (TPSA) is 89.3 Å². The summed E-state index contributed by atoms with van der Waals surface area (Å²) in [6.45, 7) is 3.43. The first-order chi connectivity index (χ1) is 12.0. The van der Waals surface area contributed by atoms with Gasteiger partial charge in [-0.15, -0.1) is 0 Å². The number of pyridine rings is 1. The van der Waals surface area contributed by atoms with E-state index in [1.807, 2.05) is 13.0 Å². The zero-order chi connectivity index (χ0) is 17.8. The number of carbonyl (C=O) groups excluding carboxylic acids is 2. The Hall–Kier alpha value is -2.90. The second kappa shape index (κ2) is 7.33. The number of hydrogen-bond donors (Lipinski definition) is 1. The molecular formula is C17H21N5O3. The average Bonchev–Trinajstić information content (AvgIpc) is 3.22. The molecule has 3 rings (SSSR count). The molecule has 3 heterocycles. The molecule has 132 valence electrons. The van der Waals surface area contributed by atoms with Crippen molar-refractivity contribution in [2.24, 2.45) is 7.05 Å². The van der Waals surface area contributed by atoms with Crippen LogP contribution in [-0.2, 0) is 11.8 Å². The molecule has 1 N–H and O–H groups in total. The summed E-state index contributed by atoms with van der Waals surface area (Å²) in [7, 11) is 1.66. The molecule has 0 radical (unpaired) electrons. The van der Waals surface area contributed by atoms with Gasteiger partial charge in [-0.2, -0.15) is 5.10 Å². The van der Waals surface area contributed by atoms with Crippen LogP contribution >= 0.6 is 0 Å². The third-order valence-electron chi connectivity index (χ3n) is 4.03. The van der Waals surface area contributed by atoms with Gasteiger partial charge in [0.15, 0.2) is 12.3 Å². The lowest BCUT2D eigenvalue weighted by atomic mass is 10.3. The van der Waals surface area contributed by atoms with Crippen molar-refractivity contribution in [2.45, 2.75) is 19.8 Å². The molecule has 0 atom stereocenters. The Morgan fingerprint density at radius 3 is 2.76 bits per heavy atom. The van der Waals surface area contributed by atoms with Gasteiger partial charge >= 0.3 is 0 Å². The molecular weight excluding hydrogens is 322 g/mol. The maximum atomic E-state index is 12.3. The van der Waals surface area contributed by atoms with Gasteiger partial charge < -0.3 is 15.0 Å². The van der Waals surface area contributed by atoms with E-state index in [0.717, 1.165) is 31.5 Å². The number of carbonyl (C=O) groups is 2. The number of amides is 2. The fourth-order valence-corrected chi connectivity index (χ4v) is 2.67. The largest absolute Gasteiger partial charge is 0.468 e. The predicted molar refractivity (Wildman–Crippen MR) is 91.4 cm³/mol. The Bertz CT molecular complexity index is 780. The van der Waals surface area contributed by atoms with Gasteiger partial charge in [-0.3, -0.25) is 9.59 Å². The number of nitrogens with zero attached hydrogens (tertiary/aromatic N) is 4. The first-order valence-electron chi connectivity index (χ1n) is 8.21. The second-order valence-corrected chi connectivity index (χ2v) is 6.04. The summed E-state index contributed by atoms with van der Waals surface area (Å²) in [6, 6.07) is 5.13. The van der Waals surface area contributed by atoms with Crippen molar-refractivity contribution < 1.29 is 14.3 Å². The van der Waals surface area contributed by atoms with Crippen molar-refractivity contribution in [3.05, 3.63) is 35.7 Å². The number of ether oxygens (including phenoxy) is 1. The number of aryl methyl sites for hydroxylation is 2. The highest BCUT2D eigenvalue weighted by Crippen LogP contribution is 2.15. The van der Waals surface area contributed by atoms with Crippen LogP contribution in [0.5, 0.6) is 5.88 Å². The third kappa shape index (κ3) is 4.14. The molecule has 1 fully saturated rings. The molecule has 0 aliphatic carbocycles. The van der Waals surface area contributed by atoms with Crippen molar-refractivity contribution in [3.8, 4) is 5.88 Å². The SMILES string of the molecule is Cc1ccnc(NC(=O)c2cc(OCC(=O)N3CCCC3)n(C)n2)c1. The van der Waals surface area contributed by atoms with Crippen LogP contribution in [0, 0.1) is 6.92 Å². The smallest absolute Gasteiger partial charge is 0.277 e. The highest BCUT2D eigenvalue weighted by atomic mass is 16.5. The van der Waals surface area contributed by atoms with E-state index >= 15 is 0 Å². The second-order valence-electron chi connectivity index (χ2n) is 6.04. The first-order valence-corrected chi connectivity index (χ1v) is 8.21. The van der Waals surface area contributed by atoms with E-state index in [1.54, 1.807) is 24.2 Å². The minimum Gasteiger partial charge on any atom is -0.468 e. The number of hydrogen-bond acceptors (Lipinski definition) is 5. The third-order valence-corrected chi connectivity index (χ3v) is 4.03. The summed E-state index contributed by atoms with van der Waals surface area (Å²) in [4.78, 5) is 30.2. The van der Waals surface area contributed by atoms with E-state index in [0.29, 0.717) is 11.7 Å². The van der Waals surface area contributed by atoms with E-state index in [1.165, 1.54) is 10.7 Å². The van der Waals surface area contributed by atoms with Crippen molar-refractivity contribution >= 4 is 17.6 Å². The predicted octanol–water partition coefficient (Wildman–Crippen LogP) is 1.38. The van der Waals surface area contributed by atoms with Crippen molar-refractivity contribution in [1.29, 1.82) is 0 Å². The molecule has 25 heavy (non-hydrogen) atoms. The van der Waals surface area contributed by atoms with Gasteiger partial charge in [0.25, 0.3) is 11.8 Å². The molecule has 2 aromatic heterocycles. The van der Waals surface area contributed by atoms with Crippen LogP contribution in [0.25, 0.3) is 0 Å². The number of aromatic nitrogens is 3. The molecule has 0 bridgehead atoms. The van der Waals surface area contributed by atoms with E-state index < -0.39 is 0 Å². The zero-order valence-electron chi connectivity index (χ0n) is 14.4. The van der Waals surface area contributed by atoms with Gasteiger partial charge in [0.05, 0.1) is 0 Å². The average molecular weight is 343 g/mol. The molecule has 0 aromatic carbocycles. The Kier molecular flexibility index (Phi) is 4.97. The number of nitrogens with one attached hydrogen (secondary N) is 1. The highest BCUT2D eigenvalue weighted by molar-refractivity contribution is 6.02. The van der Waals surface area contributed by atoms with Crippen molar-refractivity contribution in [1.82, 2.24) is 19.7 Å². The van der Waals surface area contributed by atoms with Gasteiger partial charge in [0, 0.05) is 32.4 Å². The van der Waals surface area contributed by atoms with Gasteiger partial charge in [-0.25, -0.2) is 9.67 Å². The van der Waals surface area contributed by atoms with E-state index in [-0.39, 0.29) is 24.1 Å². The van der Waals surface area contributed by atoms with Gasteiger partial charge in [0.1, 0.15) is 5.82 Å². The molecule has 0 saturated carbocycles. The molecule has 8 nitrogen and oxygen atoms in total. The van der Waals surface area contributed by atoms with Gasteiger partial charge in [0.2, 0.25) is 5.88 Å². The molecule has 2 amide bonds. The summed E-state index contributed by atoms with van der Waals surface area (Å²) in [5.41, 5.74) is 1.20. The highest BCUT2D eigenvalue weighted by Gasteiger charge is 2.20. The minimum absolute atomic E-state index is 0.0475. The fraction of sp³-hybridized carbons (Fsp3) is 0.412. The van der Waals surface area contributed by atoms with Crippen LogP contribution in [0.3, 0.4) is 0 Å². The Balaban J connectivity index is 1.61. The van der Waals surface area contributed by atoms with Crippen LogP contribution in [0.4, 0.5) is 5.82 Å². The van der Waals surface area contributed by atoms with E-state index in [2.05, 4.69) is 15.4 Å². The molecule has 0 spiro atoms. The van der Waals surface area contributed by atoms with Crippen LogP contribution < -0.4 is 10.1 Å².